The maximum atomic E-state index is 9.37. The fraction of sp³-hybridized carbons (Fsp3) is 0.133. The van der Waals surface area contributed by atoms with Gasteiger partial charge in [-0.2, -0.15) is 10.5 Å². The van der Waals surface area contributed by atoms with E-state index >= 15 is 0 Å². The van der Waals surface area contributed by atoms with Gasteiger partial charge in [0.1, 0.15) is 28.3 Å². The summed E-state index contributed by atoms with van der Waals surface area (Å²) in [7, 11) is 0. The molecular formula is C15H11ClN4OS. The number of nitrogen functional groups attached to an aromatic ring is 1. The Morgan fingerprint density at radius 2 is 1.91 bits per heavy atom. The third-order valence-corrected chi connectivity index (χ3v) is 4.17. The van der Waals surface area contributed by atoms with E-state index in [0.29, 0.717) is 27.1 Å². The first-order chi connectivity index (χ1) is 10.6. The van der Waals surface area contributed by atoms with Crippen LogP contribution in [-0.4, -0.2) is 22.5 Å². The number of aliphatic hydroxyl groups is 1. The van der Waals surface area contributed by atoms with E-state index < -0.39 is 0 Å². The molecule has 22 heavy (non-hydrogen) atoms. The average molecular weight is 331 g/mol. The summed E-state index contributed by atoms with van der Waals surface area (Å²) in [4.78, 5) is 4.39. The number of aromatic nitrogens is 1. The SMILES string of the molecule is N#Cc1c(SCCO)nc(-c2ccccc2Cl)c(C#N)c1N. The van der Waals surface area contributed by atoms with Crippen molar-refractivity contribution in [3.63, 3.8) is 0 Å². The van der Waals surface area contributed by atoms with Crippen LogP contribution in [0.4, 0.5) is 5.69 Å². The van der Waals surface area contributed by atoms with Crippen molar-refractivity contribution in [1.29, 1.82) is 10.5 Å². The molecular weight excluding hydrogens is 320 g/mol. The molecule has 0 atom stereocenters. The molecule has 1 aromatic carbocycles. The second-order valence-corrected chi connectivity index (χ2v) is 5.70. The lowest BCUT2D eigenvalue weighted by Crippen LogP contribution is -2.04. The van der Waals surface area contributed by atoms with Gasteiger partial charge in [0.15, 0.2) is 0 Å². The molecule has 0 amide bonds. The van der Waals surface area contributed by atoms with E-state index in [1.165, 1.54) is 11.8 Å². The molecule has 0 aliphatic rings. The third kappa shape index (κ3) is 3.00. The molecule has 0 aliphatic carbocycles. The number of aliphatic hydroxyl groups excluding tert-OH is 1. The first kappa shape index (κ1) is 16.1. The average Bonchev–Trinajstić information content (AvgIpc) is 2.53. The number of benzene rings is 1. The monoisotopic (exact) mass is 330 g/mol. The molecule has 0 unspecified atom stereocenters. The Labute approximate surface area is 137 Å². The second-order valence-electron chi connectivity index (χ2n) is 4.20. The quantitative estimate of drug-likeness (QED) is 0.835. The lowest BCUT2D eigenvalue weighted by molar-refractivity contribution is 0.322. The van der Waals surface area contributed by atoms with Crippen LogP contribution in [0.25, 0.3) is 11.3 Å². The lowest BCUT2D eigenvalue weighted by atomic mass is 10.0. The number of thioether (sulfide) groups is 1. The normalized spacial score (nSPS) is 10.0. The highest BCUT2D eigenvalue weighted by molar-refractivity contribution is 7.99. The topological polar surface area (TPSA) is 107 Å². The van der Waals surface area contributed by atoms with E-state index in [0.717, 1.165) is 0 Å². The number of hydrogen-bond acceptors (Lipinski definition) is 6. The minimum absolute atomic E-state index is 0.0570. The van der Waals surface area contributed by atoms with Crippen molar-refractivity contribution < 1.29 is 5.11 Å². The van der Waals surface area contributed by atoms with E-state index in [-0.39, 0.29) is 23.4 Å². The van der Waals surface area contributed by atoms with Crippen molar-refractivity contribution in [2.75, 3.05) is 18.1 Å². The van der Waals surface area contributed by atoms with Gasteiger partial charge in [-0.1, -0.05) is 29.8 Å². The van der Waals surface area contributed by atoms with Gasteiger partial charge in [0.05, 0.1) is 23.0 Å². The predicted molar refractivity (Wildman–Crippen MR) is 86.3 cm³/mol. The van der Waals surface area contributed by atoms with E-state index in [9.17, 15) is 10.5 Å². The first-order valence-corrected chi connectivity index (χ1v) is 7.62. The molecule has 2 aromatic rings. The van der Waals surface area contributed by atoms with Crippen LogP contribution < -0.4 is 5.73 Å². The molecule has 3 N–H and O–H groups in total. The number of rotatable bonds is 4. The zero-order valence-electron chi connectivity index (χ0n) is 11.4. The van der Waals surface area contributed by atoms with Gasteiger partial charge in [-0.15, -0.1) is 11.8 Å². The fourth-order valence-corrected chi connectivity index (χ4v) is 2.86. The minimum Gasteiger partial charge on any atom is -0.396 e. The van der Waals surface area contributed by atoms with Crippen LogP contribution >= 0.6 is 23.4 Å². The Balaban J connectivity index is 2.74. The zero-order chi connectivity index (χ0) is 16.1. The largest absolute Gasteiger partial charge is 0.396 e. The van der Waals surface area contributed by atoms with Crippen LogP contribution in [0.5, 0.6) is 0 Å². The van der Waals surface area contributed by atoms with Gasteiger partial charge in [0.2, 0.25) is 0 Å². The highest BCUT2D eigenvalue weighted by Gasteiger charge is 2.20. The van der Waals surface area contributed by atoms with Gasteiger partial charge < -0.3 is 10.8 Å². The van der Waals surface area contributed by atoms with E-state index in [4.69, 9.17) is 22.4 Å². The van der Waals surface area contributed by atoms with Crippen LogP contribution in [0.15, 0.2) is 29.3 Å². The fourth-order valence-electron chi connectivity index (χ4n) is 1.90. The molecule has 0 fully saturated rings. The Kier molecular flexibility index (Phi) is 5.24. The highest BCUT2D eigenvalue weighted by atomic mass is 35.5. The summed E-state index contributed by atoms with van der Waals surface area (Å²) in [5.74, 6) is 0.370. The number of nitrogens with zero attached hydrogens (tertiary/aromatic N) is 3. The number of nitriles is 2. The van der Waals surface area contributed by atoms with Gasteiger partial charge in [-0.3, -0.25) is 0 Å². The molecule has 0 saturated heterocycles. The van der Waals surface area contributed by atoms with Crippen molar-refractivity contribution in [3.05, 3.63) is 40.4 Å². The Morgan fingerprint density at radius 3 is 2.50 bits per heavy atom. The van der Waals surface area contributed by atoms with Crippen LogP contribution in [0.3, 0.4) is 0 Å². The summed E-state index contributed by atoms with van der Waals surface area (Å²) in [6, 6.07) is 10.9. The molecule has 0 spiro atoms. The standard InChI is InChI=1S/C15H11ClN4OS/c16-12-4-2-1-3-9(12)14-10(7-17)13(19)11(8-18)15(20-14)22-6-5-21/h1-4,21H,5-6H2,(H2,19,20). The van der Waals surface area contributed by atoms with Crippen molar-refractivity contribution in [2.45, 2.75) is 5.03 Å². The molecule has 0 aliphatic heterocycles. The summed E-state index contributed by atoms with van der Waals surface area (Å²) in [6.45, 7) is -0.0570. The summed E-state index contributed by atoms with van der Waals surface area (Å²) < 4.78 is 0. The van der Waals surface area contributed by atoms with E-state index in [1.807, 2.05) is 12.1 Å². The van der Waals surface area contributed by atoms with Gasteiger partial charge in [0.25, 0.3) is 0 Å². The predicted octanol–water partition coefficient (Wildman–Crippen LogP) is 2.81. The van der Waals surface area contributed by atoms with E-state index in [1.54, 1.807) is 24.3 Å². The molecule has 0 radical (unpaired) electrons. The highest BCUT2D eigenvalue weighted by Crippen LogP contribution is 2.36. The third-order valence-electron chi connectivity index (χ3n) is 2.89. The molecule has 1 heterocycles. The van der Waals surface area contributed by atoms with Crippen molar-refractivity contribution >= 4 is 29.1 Å². The maximum absolute atomic E-state index is 9.37. The van der Waals surface area contributed by atoms with Gasteiger partial charge in [0, 0.05) is 11.3 Å². The number of halogens is 1. The number of anilines is 1. The minimum atomic E-state index is -0.0570. The molecule has 0 saturated carbocycles. The summed E-state index contributed by atoms with van der Waals surface area (Å²) in [6.07, 6.45) is 0. The van der Waals surface area contributed by atoms with Crippen molar-refractivity contribution in [3.8, 4) is 23.4 Å². The Morgan fingerprint density at radius 1 is 1.23 bits per heavy atom. The van der Waals surface area contributed by atoms with E-state index in [2.05, 4.69) is 4.98 Å². The van der Waals surface area contributed by atoms with Crippen LogP contribution in [0.1, 0.15) is 11.1 Å². The van der Waals surface area contributed by atoms with Gasteiger partial charge in [-0.25, -0.2) is 4.98 Å². The van der Waals surface area contributed by atoms with Crippen LogP contribution in [-0.2, 0) is 0 Å². The molecule has 5 nitrogen and oxygen atoms in total. The molecule has 0 bridgehead atoms. The van der Waals surface area contributed by atoms with Crippen molar-refractivity contribution in [1.82, 2.24) is 4.98 Å². The molecule has 7 heteroatoms. The first-order valence-electron chi connectivity index (χ1n) is 6.26. The summed E-state index contributed by atoms with van der Waals surface area (Å²) in [5.41, 5.74) is 7.22. The Hall–Kier alpha value is -2.25. The number of pyridine rings is 1. The Bertz CT molecular complexity index is 795. The lowest BCUT2D eigenvalue weighted by Gasteiger charge is -2.12. The molecule has 110 valence electrons. The van der Waals surface area contributed by atoms with Crippen LogP contribution in [0.2, 0.25) is 5.02 Å². The second kappa shape index (κ2) is 7.15. The zero-order valence-corrected chi connectivity index (χ0v) is 12.9. The van der Waals surface area contributed by atoms with Gasteiger partial charge in [-0.05, 0) is 6.07 Å². The summed E-state index contributed by atoms with van der Waals surface area (Å²) >= 11 is 7.37. The maximum Gasteiger partial charge on any atom is 0.117 e. The number of nitrogens with two attached hydrogens (primary N) is 1. The van der Waals surface area contributed by atoms with Crippen molar-refractivity contribution in [2.24, 2.45) is 0 Å². The smallest absolute Gasteiger partial charge is 0.117 e. The van der Waals surface area contributed by atoms with Crippen LogP contribution in [0, 0.1) is 22.7 Å². The number of hydrogen-bond donors (Lipinski definition) is 2. The van der Waals surface area contributed by atoms with Gasteiger partial charge >= 0.3 is 0 Å². The molecule has 2 rings (SSSR count). The summed E-state index contributed by atoms with van der Waals surface area (Å²) in [5, 5.41) is 28.4. The molecule has 1 aromatic heterocycles.